The number of hydrogen-bond donors (Lipinski definition) is 0. The van der Waals surface area contributed by atoms with Crippen molar-refractivity contribution in [3.05, 3.63) is 28.1 Å². The van der Waals surface area contributed by atoms with Crippen LogP contribution in [0.25, 0.3) is 10.1 Å². The fourth-order valence-corrected chi connectivity index (χ4v) is 2.42. The molecule has 1 heterocycles. The van der Waals surface area contributed by atoms with Crippen molar-refractivity contribution in [2.24, 2.45) is 0 Å². The molecule has 0 N–H and O–H groups in total. The minimum atomic E-state index is 0.572. The topological polar surface area (TPSA) is 33.0 Å². The van der Waals surface area contributed by atoms with E-state index in [1.54, 1.807) is 19.2 Å². The average Bonchev–Trinajstić information content (AvgIpc) is 2.60. The fraction of sp³-hybridized carbons (Fsp3) is 0.100. The van der Waals surface area contributed by atoms with Gasteiger partial charge in [-0.1, -0.05) is 11.6 Å². The number of nitriles is 1. The molecule has 2 nitrogen and oxygen atoms in total. The first-order chi connectivity index (χ1) is 6.76. The highest BCUT2D eigenvalue weighted by Crippen LogP contribution is 2.37. The molecule has 2 rings (SSSR count). The SMILES string of the molecule is COc1c(Cl)ccc2sc(C#N)cc12. The molecule has 0 radical (unpaired) electrons. The second-order valence-corrected chi connectivity index (χ2v) is 4.21. The van der Waals surface area contributed by atoms with Crippen LogP contribution in [-0.4, -0.2) is 7.11 Å². The Balaban J connectivity index is 2.81. The Labute approximate surface area is 90.3 Å². The molecule has 0 saturated heterocycles. The van der Waals surface area contributed by atoms with Crippen molar-refractivity contribution in [3.63, 3.8) is 0 Å². The number of thiophene rings is 1. The van der Waals surface area contributed by atoms with Crippen molar-refractivity contribution in [1.29, 1.82) is 5.26 Å². The van der Waals surface area contributed by atoms with Crippen LogP contribution >= 0.6 is 22.9 Å². The number of nitrogens with zero attached hydrogens (tertiary/aromatic N) is 1. The van der Waals surface area contributed by atoms with Crippen molar-refractivity contribution in [2.45, 2.75) is 0 Å². The predicted molar refractivity (Wildman–Crippen MR) is 58.1 cm³/mol. The minimum absolute atomic E-state index is 0.572. The van der Waals surface area contributed by atoms with Gasteiger partial charge in [0, 0.05) is 10.1 Å². The van der Waals surface area contributed by atoms with Gasteiger partial charge in [0.05, 0.1) is 12.1 Å². The maximum atomic E-state index is 8.76. The summed E-state index contributed by atoms with van der Waals surface area (Å²) in [5, 5.41) is 10.2. The van der Waals surface area contributed by atoms with Crippen LogP contribution in [0, 0.1) is 11.3 Å². The molecule has 4 heteroatoms. The lowest BCUT2D eigenvalue weighted by molar-refractivity contribution is 0.420. The van der Waals surface area contributed by atoms with E-state index in [1.807, 2.05) is 6.07 Å². The molecule has 0 fully saturated rings. The van der Waals surface area contributed by atoms with Crippen molar-refractivity contribution in [3.8, 4) is 11.8 Å². The second kappa shape index (κ2) is 3.49. The van der Waals surface area contributed by atoms with Gasteiger partial charge in [-0.2, -0.15) is 5.26 Å². The molecule has 0 saturated carbocycles. The quantitative estimate of drug-likeness (QED) is 0.742. The smallest absolute Gasteiger partial charge is 0.146 e. The van der Waals surface area contributed by atoms with E-state index in [-0.39, 0.29) is 0 Å². The van der Waals surface area contributed by atoms with E-state index in [0.717, 1.165) is 10.1 Å². The Morgan fingerprint density at radius 2 is 2.29 bits per heavy atom. The summed E-state index contributed by atoms with van der Waals surface area (Å²) in [6.07, 6.45) is 0. The Morgan fingerprint density at radius 1 is 1.50 bits per heavy atom. The fourth-order valence-electron chi connectivity index (χ4n) is 1.32. The van der Waals surface area contributed by atoms with Crippen LogP contribution < -0.4 is 4.74 Å². The number of benzene rings is 1. The molecule has 0 atom stereocenters. The van der Waals surface area contributed by atoms with Crippen molar-refractivity contribution < 1.29 is 4.74 Å². The predicted octanol–water partition coefficient (Wildman–Crippen LogP) is 3.43. The third-order valence-electron chi connectivity index (χ3n) is 1.92. The van der Waals surface area contributed by atoms with Crippen molar-refractivity contribution in [1.82, 2.24) is 0 Å². The van der Waals surface area contributed by atoms with Crippen LogP contribution in [0.1, 0.15) is 4.88 Å². The molecule has 0 aliphatic rings. The summed E-state index contributed by atoms with van der Waals surface area (Å²) >= 11 is 7.39. The average molecular weight is 224 g/mol. The maximum Gasteiger partial charge on any atom is 0.146 e. The minimum Gasteiger partial charge on any atom is -0.495 e. The summed E-state index contributed by atoms with van der Waals surface area (Å²) in [4.78, 5) is 0.667. The number of fused-ring (bicyclic) bond motifs is 1. The first-order valence-corrected chi connectivity index (χ1v) is 5.12. The number of halogens is 1. The molecule has 0 aliphatic heterocycles. The summed E-state index contributed by atoms with van der Waals surface area (Å²) in [5.74, 6) is 0.641. The van der Waals surface area contributed by atoms with Crippen molar-refractivity contribution >= 4 is 33.0 Å². The Hall–Kier alpha value is -1.24. The van der Waals surface area contributed by atoms with Crippen LogP contribution in [0.3, 0.4) is 0 Å². The lowest BCUT2D eigenvalue weighted by atomic mass is 10.2. The van der Waals surface area contributed by atoms with E-state index in [4.69, 9.17) is 21.6 Å². The van der Waals surface area contributed by atoms with Crippen LogP contribution in [-0.2, 0) is 0 Å². The maximum absolute atomic E-state index is 8.76. The highest BCUT2D eigenvalue weighted by atomic mass is 35.5. The van der Waals surface area contributed by atoms with Gasteiger partial charge >= 0.3 is 0 Å². The van der Waals surface area contributed by atoms with Gasteiger partial charge in [0.1, 0.15) is 16.7 Å². The zero-order valence-corrected chi connectivity index (χ0v) is 8.95. The van der Waals surface area contributed by atoms with Crippen LogP contribution in [0.5, 0.6) is 5.75 Å². The van der Waals surface area contributed by atoms with Gasteiger partial charge in [0.15, 0.2) is 0 Å². The van der Waals surface area contributed by atoms with E-state index in [0.29, 0.717) is 15.6 Å². The standard InChI is InChI=1S/C10H6ClNOS/c1-13-10-7-4-6(5-12)14-9(7)3-2-8(10)11/h2-4H,1H3. The zero-order chi connectivity index (χ0) is 10.1. The van der Waals surface area contributed by atoms with Gasteiger partial charge < -0.3 is 4.74 Å². The van der Waals surface area contributed by atoms with Crippen LogP contribution in [0.15, 0.2) is 18.2 Å². The molecule has 70 valence electrons. The molecule has 1 aromatic heterocycles. The Bertz CT molecular complexity index is 527. The summed E-state index contributed by atoms with van der Waals surface area (Å²) in [7, 11) is 1.57. The highest BCUT2D eigenvalue weighted by molar-refractivity contribution is 7.19. The lowest BCUT2D eigenvalue weighted by Crippen LogP contribution is -1.83. The first kappa shape index (κ1) is 9.32. The molecule has 2 aromatic rings. The molecule has 14 heavy (non-hydrogen) atoms. The highest BCUT2D eigenvalue weighted by Gasteiger charge is 2.09. The summed E-state index contributed by atoms with van der Waals surface area (Å²) in [6, 6.07) is 7.58. The zero-order valence-electron chi connectivity index (χ0n) is 7.37. The van der Waals surface area contributed by atoms with Gasteiger partial charge in [-0.15, -0.1) is 11.3 Å². The number of rotatable bonds is 1. The molecular formula is C10H6ClNOS. The first-order valence-electron chi connectivity index (χ1n) is 3.92. The van der Waals surface area contributed by atoms with Gasteiger partial charge in [-0.3, -0.25) is 0 Å². The van der Waals surface area contributed by atoms with E-state index in [9.17, 15) is 0 Å². The van der Waals surface area contributed by atoms with Gasteiger partial charge in [-0.25, -0.2) is 0 Å². The lowest BCUT2D eigenvalue weighted by Gasteiger charge is -2.02. The summed E-state index contributed by atoms with van der Waals surface area (Å²) in [6.45, 7) is 0. The number of ether oxygens (including phenoxy) is 1. The molecule has 1 aromatic carbocycles. The van der Waals surface area contributed by atoms with Crippen molar-refractivity contribution in [2.75, 3.05) is 7.11 Å². The summed E-state index contributed by atoms with van der Waals surface area (Å²) < 4.78 is 6.20. The van der Waals surface area contributed by atoms with E-state index < -0.39 is 0 Å². The molecule has 0 aliphatic carbocycles. The molecular weight excluding hydrogens is 218 g/mol. The van der Waals surface area contributed by atoms with Crippen LogP contribution in [0.4, 0.5) is 0 Å². The molecule has 0 unspecified atom stereocenters. The largest absolute Gasteiger partial charge is 0.495 e. The summed E-state index contributed by atoms with van der Waals surface area (Å²) in [5.41, 5.74) is 0. The Kier molecular flexibility index (Phi) is 2.32. The van der Waals surface area contributed by atoms with Crippen LogP contribution in [0.2, 0.25) is 5.02 Å². The Morgan fingerprint density at radius 3 is 2.93 bits per heavy atom. The normalized spacial score (nSPS) is 10.1. The van der Waals surface area contributed by atoms with Gasteiger partial charge in [0.25, 0.3) is 0 Å². The van der Waals surface area contributed by atoms with E-state index >= 15 is 0 Å². The third-order valence-corrected chi connectivity index (χ3v) is 3.22. The molecule has 0 bridgehead atoms. The second-order valence-electron chi connectivity index (χ2n) is 2.71. The number of hydrogen-bond acceptors (Lipinski definition) is 3. The van der Waals surface area contributed by atoms with E-state index in [1.165, 1.54) is 11.3 Å². The van der Waals surface area contributed by atoms with E-state index in [2.05, 4.69) is 6.07 Å². The van der Waals surface area contributed by atoms with Gasteiger partial charge in [0.2, 0.25) is 0 Å². The molecule has 0 spiro atoms. The monoisotopic (exact) mass is 223 g/mol. The van der Waals surface area contributed by atoms with Gasteiger partial charge in [-0.05, 0) is 18.2 Å². The number of methoxy groups -OCH3 is 1. The third kappa shape index (κ3) is 1.33. The molecule has 0 amide bonds.